The van der Waals surface area contributed by atoms with Gasteiger partial charge in [0.1, 0.15) is 5.75 Å². The molecule has 0 spiro atoms. The van der Waals surface area contributed by atoms with E-state index < -0.39 is 11.8 Å². The van der Waals surface area contributed by atoms with Gasteiger partial charge in [-0.15, -0.1) is 0 Å². The van der Waals surface area contributed by atoms with Crippen molar-refractivity contribution in [2.24, 2.45) is 0 Å². The fourth-order valence-electron chi connectivity index (χ4n) is 1.81. The zero-order valence-corrected chi connectivity index (χ0v) is 13.7. The summed E-state index contributed by atoms with van der Waals surface area (Å²) < 4.78 is 5.94. The molecule has 2 amide bonds. The van der Waals surface area contributed by atoms with Gasteiger partial charge in [0.15, 0.2) is 0 Å². The highest BCUT2D eigenvalue weighted by Crippen LogP contribution is 2.20. The molecule has 0 aliphatic rings. The minimum atomic E-state index is -0.729. The number of ether oxygens (including phenoxy) is 1. The van der Waals surface area contributed by atoms with E-state index in [-0.39, 0.29) is 0 Å². The van der Waals surface area contributed by atoms with E-state index in [9.17, 15) is 9.59 Å². The molecule has 0 fully saturated rings. The topological polar surface area (TPSA) is 67.4 Å². The number of benzene rings is 2. The van der Waals surface area contributed by atoms with Gasteiger partial charge in [0, 0.05) is 15.8 Å². The molecule has 6 heteroatoms. The Labute approximate surface area is 136 Å². The lowest BCUT2D eigenvalue weighted by Crippen LogP contribution is -2.29. The average Bonchev–Trinajstić information content (AvgIpc) is 2.50. The smallest absolute Gasteiger partial charge is 0.314 e. The molecule has 0 saturated heterocycles. The second-order valence-corrected chi connectivity index (χ2v) is 5.51. The molecule has 114 valence electrons. The lowest BCUT2D eigenvalue weighted by atomic mass is 10.2. The zero-order chi connectivity index (χ0) is 16.1. The van der Waals surface area contributed by atoms with Crippen LogP contribution in [0.4, 0.5) is 11.4 Å². The second-order valence-electron chi connectivity index (χ2n) is 4.60. The minimum absolute atomic E-state index is 0.522. The Kier molecular flexibility index (Phi) is 5.16. The third kappa shape index (κ3) is 4.08. The molecule has 0 aliphatic carbocycles. The zero-order valence-electron chi connectivity index (χ0n) is 12.1. The highest BCUT2D eigenvalue weighted by Gasteiger charge is 2.15. The number of nitrogens with one attached hydrogen (secondary N) is 2. The van der Waals surface area contributed by atoms with E-state index in [4.69, 9.17) is 4.74 Å². The number of anilines is 2. The molecular formula is C16H15BrN2O3. The van der Waals surface area contributed by atoms with Crippen LogP contribution >= 0.6 is 15.9 Å². The number of carbonyl (C=O) groups is 2. The first-order chi connectivity index (χ1) is 10.5. The third-order valence-corrected chi connectivity index (χ3v) is 3.48. The molecule has 2 aromatic carbocycles. The number of amides is 2. The van der Waals surface area contributed by atoms with Crippen LogP contribution in [0.2, 0.25) is 0 Å². The summed E-state index contributed by atoms with van der Waals surface area (Å²) in [5.41, 5.74) is 1.98. The molecular weight excluding hydrogens is 348 g/mol. The monoisotopic (exact) mass is 362 g/mol. The van der Waals surface area contributed by atoms with E-state index in [0.717, 1.165) is 10.0 Å². The van der Waals surface area contributed by atoms with Crippen LogP contribution in [0.1, 0.15) is 5.56 Å². The molecule has 0 heterocycles. The van der Waals surface area contributed by atoms with Crippen LogP contribution in [0.15, 0.2) is 46.9 Å². The Balaban J connectivity index is 2.01. The quantitative estimate of drug-likeness (QED) is 0.822. The van der Waals surface area contributed by atoms with Gasteiger partial charge in [0.25, 0.3) is 0 Å². The van der Waals surface area contributed by atoms with E-state index in [1.165, 1.54) is 0 Å². The van der Waals surface area contributed by atoms with E-state index in [1.807, 2.05) is 13.0 Å². The van der Waals surface area contributed by atoms with Crippen LogP contribution in [-0.2, 0) is 9.59 Å². The molecule has 0 atom stereocenters. The van der Waals surface area contributed by atoms with Crippen LogP contribution in [-0.4, -0.2) is 18.9 Å². The summed E-state index contributed by atoms with van der Waals surface area (Å²) >= 11 is 3.35. The summed E-state index contributed by atoms with van der Waals surface area (Å²) in [5.74, 6) is -0.776. The van der Waals surface area contributed by atoms with Gasteiger partial charge in [-0.2, -0.15) is 0 Å². The molecule has 0 unspecified atom stereocenters. The van der Waals surface area contributed by atoms with Crippen molar-refractivity contribution < 1.29 is 14.3 Å². The number of aryl methyl sites for hydroxylation is 1. The van der Waals surface area contributed by atoms with Crippen molar-refractivity contribution >= 4 is 39.1 Å². The highest BCUT2D eigenvalue weighted by molar-refractivity contribution is 9.10. The Bertz CT molecular complexity index is 699. The molecule has 0 radical (unpaired) electrons. The van der Waals surface area contributed by atoms with E-state index in [0.29, 0.717) is 17.1 Å². The first kappa shape index (κ1) is 16.0. The first-order valence-electron chi connectivity index (χ1n) is 6.52. The van der Waals surface area contributed by atoms with Gasteiger partial charge in [-0.05, 0) is 55.0 Å². The molecule has 2 aromatic rings. The maximum Gasteiger partial charge on any atom is 0.314 e. The van der Waals surface area contributed by atoms with Crippen LogP contribution in [0.5, 0.6) is 5.75 Å². The third-order valence-electron chi connectivity index (χ3n) is 2.99. The Morgan fingerprint density at radius 1 is 1.00 bits per heavy atom. The Morgan fingerprint density at radius 3 is 2.23 bits per heavy atom. The maximum absolute atomic E-state index is 11.9. The van der Waals surface area contributed by atoms with Crippen molar-refractivity contribution in [3.05, 3.63) is 52.5 Å². The molecule has 2 N–H and O–H groups in total. The molecule has 2 rings (SSSR count). The van der Waals surface area contributed by atoms with Gasteiger partial charge < -0.3 is 15.4 Å². The second kappa shape index (κ2) is 7.09. The maximum atomic E-state index is 11.9. The lowest BCUT2D eigenvalue weighted by molar-refractivity contribution is -0.133. The van der Waals surface area contributed by atoms with Crippen molar-refractivity contribution in [2.75, 3.05) is 17.7 Å². The van der Waals surface area contributed by atoms with Gasteiger partial charge in [0.2, 0.25) is 0 Å². The number of halogens is 1. The number of hydrogen-bond acceptors (Lipinski definition) is 3. The Morgan fingerprint density at radius 2 is 1.64 bits per heavy atom. The predicted octanol–water partition coefficient (Wildman–Crippen LogP) is 3.34. The fourth-order valence-corrected chi connectivity index (χ4v) is 2.28. The van der Waals surface area contributed by atoms with Crippen LogP contribution in [0.3, 0.4) is 0 Å². The van der Waals surface area contributed by atoms with Crippen molar-refractivity contribution in [1.82, 2.24) is 0 Å². The molecule has 0 bridgehead atoms. The van der Waals surface area contributed by atoms with Crippen LogP contribution in [0.25, 0.3) is 0 Å². The van der Waals surface area contributed by atoms with E-state index >= 15 is 0 Å². The normalized spacial score (nSPS) is 9.95. The first-order valence-corrected chi connectivity index (χ1v) is 7.31. The van der Waals surface area contributed by atoms with Crippen LogP contribution in [0, 0.1) is 6.92 Å². The summed E-state index contributed by atoms with van der Waals surface area (Å²) in [7, 11) is 1.56. The highest BCUT2D eigenvalue weighted by atomic mass is 79.9. The number of rotatable bonds is 3. The number of methoxy groups -OCH3 is 1. The molecule has 5 nitrogen and oxygen atoms in total. The molecule has 22 heavy (non-hydrogen) atoms. The standard InChI is InChI=1S/C16H15BrN2O3/c1-10-9-11(17)3-8-14(10)19-16(21)15(20)18-12-4-6-13(22-2)7-5-12/h3-9H,1-2H3,(H,18,20)(H,19,21). The fraction of sp³-hybridized carbons (Fsp3) is 0.125. The summed E-state index contributed by atoms with van der Waals surface area (Å²) in [6.45, 7) is 1.85. The summed E-state index contributed by atoms with van der Waals surface area (Å²) in [5, 5.41) is 5.11. The van der Waals surface area contributed by atoms with Gasteiger partial charge in [-0.25, -0.2) is 0 Å². The van der Waals surface area contributed by atoms with Gasteiger partial charge in [0.05, 0.1) is 7.11 Å². The number of hydrogen-bond donors (Lipinski definition) is 2. The minimum Gasteiger partial charge on any atom is -0.497 e. The van der Waals surface area contributed by atoms with Crippen molar-refractivity contribution in [2.45, 2.75) is 6.92 Å². The van der Waals surface area contributed by atoms with Gasteiger partial charge in [-0.3, -0.25) is 9.59 Å². The van der Waals surface area contributed by atoms with Gasteiger partial charge >= 0.3 is 11.8 Å². The SMILES string of the molecule is COc1ccc(NC(=O)C(=O)Nc2ccc(Br)cc2C)cc1. The summed E-state index contributed by atoms with van der Waals surface area (Å²) in [6.07, 6.45) is 0. The van der Waals surface area contributed by atoms with Crippen molar-refractivity contribution in [3.63, 3.8) is 0 Å². The van der Waals surface area contributed by atoms with E-state index in [1.54, 1.807) is 43.5 Å². The molecule has 0 aliphatic heterocycles. The lowest BCUT2D eigenvalue weighted by Gasteiger charge is -2.09. The number of carbonyl (C=O) groups excluding carboxylic acids is 2. The van der Waals surface area contributed by atoms with Gasteiger partial charge in [-0.1, -0.05) is 15.9 Å². The molecule has 0 saturated carbocycles. The Hall–Kier alpha value is -2.34. The summed E-state index contributed by atoms with van der Waals surface area (Å²) in [4.78, 5) is 23.8. The van der Waals surface area contributed by atoms with Crippen molar-refractivity contribution in [1.29, 1.82) is 0 Å². The average molecular weight is 363 g/mol. The largest absolute Gasteiger partial charge is 0.497 e. The molecule has 0 aromatic heterocycles. The van der Waals surface area contributed by atoms with E-state index in [2.05, 4.69) is 26.6 Å². The summed E-state index contributed by atoms with van der Waals surface area (Å²) in [6, 6.07) is 12.1. The predicted molar refractivity (Wildman–Crippen MR) is 89.1 cm³/mol. The van der Waals surface area contributed by atoms with Crippen LogP contribution < -0.4 is 15.4 Å². The van der Waals surface area contributed by atoms with Crippen molar-refractivity contribution in [3.8, 4) is 5.75 Å².